The Balaban J connectivity index is 0.00000385. The van der Waals surface area contributed by atoms with Crippen LogP contribution in [0.2, 0.25) is 0 Å². The molecule has 0 atom stereocenters. The van der Waals surface area contributed by atoms with Crippen molar-refractivity contribution < 1.29 is 14.2 Å². The van der Waals surface area contributed by atoms with Gasteiger partial charge in [0.25, 0.3) is 0 Å². The van der Waals surface area contributed by atoms with E-state index in [0.29, 0.717) is 11.8 Å². The van der Waals surface area contributed by atoms with Gasteiger partial charge in [-0.3, -0.25) is 9.89 Å². The third kappa shape index (κ3) is 9.54. The lowest BCUT2D eigenvalue weighted by Crippen LogP contribution is -2.48. The molecule has 0 unspecified atom stereocenters. The number of aliphatic hydroxyl groups excluding tert-OH is 1. The molecule has 7 nitrogen and oxygen atoms in total. The van der Waals surface area contributed by atoms with Crippen LogP contribution in [0.1, 0.15) is 44.6 Å². The molecule has 3 rings (SSSR count). The molecular weight excluding hydrogens is 536 g/mol. The molecule has 0 radical (unpaired) electrons. The van der Waals surface area contributed by atoms with Gasteiger partial charge in [-0.1, -0.05) is 6.07 Å². The number of piperidine rings is 2. The zero-order chi connectivity index (χ0) is 22.8. The molecule has 1 aromatic rings. The van der Waals surface area contributed by atoms with Gasteiger partial charge in [-0.25, -0.2) is 4.39 Å². The summed E-state index contributed by atoms with van der Waals surface area (Å²) in [6, 6.07) is 5.62. The number of benzene rings is 1. The number of aliphatic imine (C=N–C) groups is 1. The zero-order valence-corrected chi connectivity index (χ0v) is 22.4. The van der Waals surface area contributed by atoms with Crippen LogP contribution in [0, 0.1) is 5.82 Å². The van der Waals surface area contributed by atoms with Crippen molar-refractivity contribution in [2.75, 3.05) is 52.9 Å². The number of guanidine groups is 1. The number of rotatable bonds is 9. The maximum Gasteiger partial charge on any atom is 0.191 e. The lowest BCUT2D eigenvalue weighted by Gasteiger charge is -2.33. The van der Waals surface area contributed by atoms with E-state index in [1.165, 1.54) is 7.11 Å². The molecule has 0 amide bonds. The third-order valence-electron chi connectivity index (χ3n) is 6.35. The summed E-state index contributed by atoms with van der Waals surface area (Å²) in [5.74, 6) is 0.893. The summed E-state index contributed by atoms with van der Waals surface area (Å²) in [5.41, 5.74) is 0.979. The highest BCUT2D eigenvalue weighted by molar-refractivity contribution is 14.0. The predicted molar refractivity (Wildman–Crippen MR) is 142 cm³/mol. The topological polar surface area (TPSA) is 72.4 Å². The van der Waals surface area contributed by atoms with Gasteiger partial charge >= 0.3 is 0 Å². The van der Waals surface area contributed by atoms with Crippen molar-refractivity contribution in [2.24, 2.45) is 4.99 Å². The summed E-state index contributed by atoms with van der Waals surface area (Å²) in [4.78, 5) is 9.57. The van der Waals surface area contributed by atoms with E-state index < -0.39 is 0 Å². The van der Waals surface area contributed by atoms with Crippen molar-refractivity contribution in [3.63, 3.8) is 0 Å². The summed E-state index contributed by atoms with van der Waals surface area (Å²) >= 11 is 0. The van der Waals surface area contributed by atoms with Crippen molar-refractivity contribution in [3.8, 4) is 5.75 Å². The molecule has 33 heavy (non-hydrogen) atoms. The Morgan fingerprint density at radius 1 is 1.15 bits per heavy atom. The Morgan fingerprint density at radius 3 is 2.48 bits per heavy atom. The van der Waals surface area contributed by atoms with Gasteiger partial charge < -0.3 is 25.4 Å². The molecule has 188 valence electrons. The van der Waals surface area contributed by atoms with E-state index in [1.807, 2.05) is 6.07 Å². The highest BCUT2D eigenvalue weighted by atomic mass is 127. The fourth-order valence-corrected chi connectivity index (χ4v) is 4.44. The van der Waals surface area contributed by atoms with Gasteiger partial charge in [0.05, 0.1) is 13.2 Å². The molecule has 2 saturated heterocycles. The van der Waals surface area contributed by atoms with E-state index in [1.54, 1.807) is 12.1 Å². The number of halogens is 2. The highest BCUT2D eigenvalue weighted by Gasteiger charge is 2.21. The van der Waals surface area contributed by atoms with Gasteiger partial charge in [0, 0.05) is 51.9 Å². The second-order valence-electron chi connectivity index (χ2n) is 8.85. The Kier molecular flexibility index (Phi) is 12.7. The number of likely N-dealkylation sites (tertiary alicyclic amines) is 2. The fourth-order valence-electron chi connectivity index (χ4n) is 4.44. The summed E-state index contributed by atoms with van der Waals surface area (Å²) in [6.07, 6.45) is 4.78. The van der Waals surface area contributed by atoms with Crippen LogP contribution in [0.25, 0.3) is 0 Å². The van der Waals surface area contributed by atoms with E-state index in [4.69, 9.17) is 9.73 Å². The number of aliphatic hydroxyl groups is 1. The Labute approximate surface area is 215 Å². The average Bonchev–Trinajstić information content (AvgIpc) is 2.79. The lowest BCUT2D eigenvalue weighted by atomic mass is 10.0. The molecule has 0 aliphatic carbocycles. The molecule has 0 aromatic heterocycles. The minimum absolute atomic E-state index is 0. The number of hydrogen-bond acceptors (Lipinski definition) is 5. The van der Waals surface area contributed by atoms with E-state index in [0.717, 1.165) is 96.0 Å². The second kappa shape index (κ2) is 15.0. The summed E-state index contributed by atoms with van der Waals surface area (Å²) in [7, 11) is 1.49. The number of nitrogens with one attached hydrogen (secondary N) is 2. The first-order valence-electron chi connectivity index (χ1n) is 12.1. The molecule has 9 heteroatoms. The van der Waals surface area contributed by atoms with Crippen molar-refractivity contribution in [1.82, 2.24) is 20.4 Å². The standard InChI is InChI=1S/C24H40FN5O2.HI/c1-3-26-24(27-11-4-12-29-15-9-21(31)10-16-29)28-20-7-13-30(14-8-20)18-19-5-6-23(32-2)22(25)17-19;/h5-6,17,20-21,31H,3-4,7-16,18H2,1-2H3,(H2,26,27,28);1H. The van der Waals surface area contributed by atoms with E-state index >= 15 is 0 Å². The summed E-state index contributed by atoms with van der Waals surface area (Å²) in [6.45, 7) is 9.48. The van der Waals surface area contributed by atoms with E-state index in [9.17, 15) is 9.50 Å². The van der Waals surface area contributed by atoms with Gasteiger partial charge in [0.2, 0.25) is 0 Å². The molecule has 1 aromatic carbocycles. The van der Waals surface area contributed by atoms with Crippen LogP contribution in [0.15, 0.2) is 23.2 Å². The van der Waals surface area contributed by atoms with Crippen molar-refractivity contribution in [2.45, 2.75) is 57.7 Å². The minimum Gasteiger partial charge on any atom is -0.494 e. The Hall–Kier alpha value is -1.17. The number of ether oxygens (including phenoxy) is 1. The summed E-state index contributed by atoms with van der Waals surface area (Å²) in [5, 5.41) is 16.6. The first-order chi connectivity index (χ1) is 15.6. The van der Waals surface area contributed by atoms with Gasteiger partial charge in [0.15, 0.2) is 17.5 Å². The molecule has 2 fully saturated rings. The van der Waals surface area contributed by atoms with Gasteiger partial charge in [-0.15, -0.1) is 24.0 Å². The SMILES string of the molecule is CCNC(=NCCCN1CCC(O)CC1)NC1CCN(Cc2ccc(OC)c(F)c2)CC1.I. The van der Waals surface area contributed by atoms with Crippen LogP contribution in [0.5, 0.6) is 5.75 Å². The lowest BCUT2D eigenvalue weighted by molar-refractivity contribution is 0.0824. The Bertz CT molecular complexity index is 723. The quantitative estimate of drug-likeness (QED) is 0.182. The average molecular weight is 578 g/mol. The van der Waals surface area contributed by atoms with E-state index in [-0.39, 0.29) is 35.9 Å². The zero-order valence-electron chi connectivity index (χ0n) is 20.1. The van der Waals surface area contributed by atoms with Gasteiger partial charge in [0.1, 0.15) is 0 Å². The number of nitrogens with zero attached hydrogens (tertiary/aromatic N) is 3. The Morgan fingerprint density at radius 2 is 1.85 bits per heavy atom. The van der Waals surface area contributed by atoms with Crippen molar-refractivity contribution in [3.05, 3.63) is 29.6 Å². The van der Waals surface area contributed by atoms with Crippen LogP contribution in [0.4, 0.5) is 4.39 Å². The molecule has 0 spiro atoms. The molecule has 2 aliphatic heterocycles. The van der Waals surface area contributed by atoms with Crippen LogP contribution in [0.3, 0.4) is 0 Å². The molecule has 3 N–H and O–H groups in total. The molecule has 0 bridgehead atoms. The largest absolute Gasteiger partial charge is 0.494 e. The smallest absolute Gasteiger partial charge is 0.191 e. The number of hydrogen-bond donors (Lipinski definition) is 3. The van der Waals surface area contributed by atoms with Gasteiger partial charge in [-0.2, -0.15) is 0 Å². The molecule has 0 saturated carbocycles. The molecule has 2 heterocycles. The monoisotopic (exact) mass is 577 g/mol. The fraction of sp³-hybridized carbons (Fsp3) is 0.708. The van der Waals surface area contributed by atoms with E-state index in [2.05, 4.69) is 27.4 Å². The van der Waals surface area contributed by atoms with Gasteiger partial charge in [-0.05, 0) is 63.3 Å². The maximum absolute atomic E-state index is 13.9. The predicted octanol–water partition coefficient (Wildman–Crippen LogP) is 2.82. The van der Waals surface area contributed by atoms with Crippen LogP contribution >= 0.6 is 24.0 Å². The van der Waals surface area contributed by atoms with Crippen molar-refractivity contribution in [1.29, 1.82) is 0 Å². The summed E-state index contributed by atoms with van der Waals surface area (Å²) < 4.78 is 19.0. The van der Waals surface area contributed by atoms with Crippen LogP contribution in [-0.4, -0.2) is 85.9 Å². The van der Waals surface area contributed by atoms with Crippen molar-refractivity contribution >= 4 is 29.9 Å². The van der Waals surface area contributed by atoms with Crippen LogP contribution < -0.4 is 15.4 Å². The second-order valence-corrected chi connectivity index (χ2v) is 8.85. The first-order valence-corrected chi connectivity index (χ1v) is 12.1. The molecular formula is C24H41FIN5O2. The van der Waals surface area contributed by atoms with Crippen LogP contribution in [-0.2, 0) is 6.54 Å². The first kappa shape index (κ1) is 28.1. The molecule has 2 aliphatic rings. The minimum atomic E-state index is -0.300. The maximum atomic E-state index is 13.9. The number of methoxy groups -OCH3 is 1. The normalized spacial score (nSPS) is 19.2. The highest BCUT2D eigenvalue weighted by Crippen LogP contribution is 2.20. The third-order valence-corrected chi connectivity index (χ3v) is 6.35.